The lowest BCUT2D eigenvalue weighted by Crippen LogP contribution is -2.30. The molecule has 0 saturated carbocycles. The molecule has 0 aromatic carbocycles. The molecule has 0 aromatic heterocycles. The molecule has 0 rings (SSSR count). The lowest BCUT2D eigenvalue weighted by atomic mass is 10.1. The number of carbonyl (C=O) groups is 3. The van der Waals surface area contributed by atoms with Gasteiger partial charge in [0, 0.05) is 19.3 Å². The summed E-state index contributed by atoms with van der Waals surface area (Å²) in [5.41, 5.74) is 0. The van der Waals surface area contributed by atoms with Crippen LogP contribution in [0.3, 0.4) is 0 Å². The average molecular weight is 845 g/mol. The zero-order valence-corrected chi connectivity index (χ0v) is 39.1. The molecule has 0 N–H and O–H groups in total. The minimum Gasteiger partial charge on any atom is -0.462 e. The summed E-state index contributed by atoms with van der Waals surface area (Å²) in [6.45, 7) is 6.19. The predicted molar refractivity (Wildman–Crippen MR) is 260 cm³/mol. The second-order valence-corrected chi connectivity index (χ2v) is 15.8. The molecule has 0 amide bonds. The van der Waals surface area contributed by atoms with E-state index in [2.05, 4.69) is 130 Å². The Kier molecular flexibility index (Phi) is 45.6. The number of hydrogen-bond donors (Lipinski definition) is 0. The second-order valence-electron chi connectivity index (χ2n) is 15.8. The van der Waals surface area contributed by atoms with Crippen molar-refractivity contribution in [3.63, 3.8) is 0 Å². The molecular formula is C55H88O6. The van der Waals surface area contributed by atoms with Gasteiger partial charge in [-0.25, -0.2) is 0 Å². The number of unbranched alkanes of at least 4 members (excludes halogenated alkanes) is 19. The van der Waals surface area contributed by atoms with Crippen molar-refractivity contribution in [2.45, 2.75) is 207 Å². The molecule has 0 saturated heterocycles. The van der Waals surface area contributed by atoms with E-state index < -0.39 is 6.10 Å². The van der Waals surface area contributed by atoms with E-state index in [-0.39, 0.29) is 31.1 Å². The molecule has 0 aromatic rings. The normalized spacial score (nSPS) is 13.0. The Morgan fingerprint density at radius 2 is 0.590 bits per heavy atom. The predicted octanol–water partition coefficient (Wildman–Crippen LogP) is 16.0. The lowest BCUT2D eigenvalue weighted by molar-refractivity contribution is -0.167. The van der Waals surface area contributed by atoms with Crippen LogP contribution in [0.4, 0.5) is 0 Å². The SMILES string of the molecule is CC/C=C/C=C/C=C/CCCCCCCCCC(=O)OCC(COC(=O)CCCCCCC/C=C/C=C/C=C/CC)OC(=O)CCCCCCCCC/C=C/C=C/C=C/CC. The number of hydrogen-bond acceptors (Lipinski definition) is 6. The third kappa shape index (κ3) is 47.0. The molecule has 6 heteroatoms. The van der Waals surface area contributed by atoms with Gasteiger partial charge in [-0.05, 0) is 77.0 Å². The highest BCUT2D eigenvalue weighted by Gasteiger charge is 2.19. The molecule has 0 radical (unpaired) electrons. The summed E-state index contributed by atoms with van der Waals surface area (Å²) in [5, 5.41) is 0. The van der Waals surface area contributed by atoms with Crippen molar-refractivity contribution in [3.8, 4) is 0 Å². The van der Waals surface area contributed by atoms with Crippen molar-refractivity contribution in [3.05, 3.63) is 109 Å². The van der Waals surface area contributed by atoms with Crippen LogP contribution in [0.5, 0.6) is 0 Å². The number of rotatable bonds is 42. The number of esters is 3. The fraction of sp³-hybridized carbons (Fsp3) is 0.618. The van der Waals surface area contributed by atoms with Crippen LogP contribution in [-0.2, 0) is 28.6 Å². The average Bonchev–Trinajstić information content (AvgIpc) is 3.26. The largest absolute Gasteiger partial charge is 0.462 e. The highest BCUT2D eigenvalue weighted by atomic mass is 16.6. The van der Waals surface area contributed by atoms with Gasteiger partial charge in [-0.15, -0.1) is 0 Å². The molecule has 0 aliphatic rings. The van der Waals surface area contributed by atoms with E-state index >= 15 is 0 Å². The van der Waals surface area contributed by atoms with Gasteiger partial charge in [0.05, 0.1) is 0 Å². The Morgan fingerprint density at radius 3 is 0.902 bits per heavy atom. The molecule has 0 heterocycles. The van der Waals surface area contributed by atoms with E-state index in [1.807, 2.05) is 0 Å². The van der Waals surface area contributed by atoms with Gasteiger partial charge in [0.25, 0.3) is 0 Å². The monoisotopic (exact) mass is 845 g/mol. The summed E-state index contributed by atoms with van der Waals surface area (Å²) in [5.74, 6) is -0.951. The van der Waals surface area contributed by atoms with Crippen molar-refractivity contribution < 1.29 is 28.6 Å². The van der Waals surface area contributed by atoms with Gasteiger partial charge in [0.1, 0.15) is 13.2 Å². The summed E-state index contributed by atoms with van der Waals surface area (Å²) < 4.78 is 16.7. The topological polar surface area (TPSA) is 78.9 Å². The third-order valence-electron chi connectivity index (χ3n) is 9.94. The van der Waals surface area contributed by atoms with Crippen LogP contribution in [0.1, 0.15) is 201 Å². The molecule has 0 spiro atoms. The highest BCUT2D eigenvalue weighted by molar-refractivity contribution is 5.71. The minimum atomic E-state index is -0.799. The summed E-state index contributed by atoms with van der Waals surface area (Å²) in [4.78, 5) is 37.9. The first-order valence-corrected chi connectivity index (χ1v) is 24.5. The van der Waals surface area contributed by atoms with E-state index in [1.165, 1.54) is 44.9 Å². The first-order valence-electron chi connectivity index (χ1n) is 24.5. The fourth-order valence-electron chi connectivity index (χ4n) is 6.32. The Morgan fingerprint density at radius 1 is 0.328 bits per heavy atom. The molecule has 344 valence electrons. The molecule has 0 bridgehead atoms. The first-order chi connectivity index (χ1) is 30.0. The fourth-order valence-corrected chi connectivity index (χ4v) is 6.32. The second kappa shape index (κ2) is 48.7. The molecule has 1 unspecified atom stereocenters. The van der Waals surface area contributed by atoms with Crippen LogP contribution >= 0.6 is 0 Å². The quantitative estimate of drug-likeness (QED) is 0.0264. The van der Waals surface area contributed by atoms with Crippen LogP contribution in [0.15, 0.2) is 109 Å². The Balaban J connectivity index is 4.47. The number of carbonyl (C=O) groups excluding carboxylic acids is 3. The highest BCUT2D eigenvalue weighted by Crippen LogP contribution is 2.14. The van der Waals surface area contributed by atoms with Crippen LogP contribution in [0.2, 0.25) is 0 Å². The molecule has 6 nitrogen and oxygen atoms in total. The van der Waals surface area contributed by atoms with Gasteiger partial charge in [-0.2, -0.15) is 0 Å². The maximum Gasteiger partial charge on any atom is 0.306 e. The Labute approximate surface area is 374 Å². The molecule has 61 heavy (non-hydrogen) atoms. The number of allylic oxidation sites excluding steroid dienone is 18. The van der Waals surface area contributed by atoms with E-state index in [0.29, 0.717) is 19.3 Å². The van der Waals surface area contributed by atoms with E-state index in [1.54, 1.807) is 0 Å². The van der Waals surface area contributed by atoms with Gasteiger partial charge < -0.3 is 14.2 Å². The van der Waals surface area contributed by atoms with Crippen molar-refractivity contribution in [1.82, 2.24) is 0 Å². The Hall–Kier alpha value is -3.93. The van der Waals surface area contributed by atoms with Gasteiger partial charge in [-0.3, -0.25) is 14.4 Å². The lowest BCUT2D eigenvalue weighted by Gasteiger charge is -2.18. The third-order valence-corrected chi connectivity index (χ3v) is 9.94. The van der Waals surface area contributed by atoms with Crippen LogP contribution in [0, 0.1) is 0 Å². The van der Waals surface area contributed by atoms with E-state index in [9.17, 15) is 14.4 Å². The maximum absolute atomic E-state index is 12.8. The van der Waals surface area contributed by atoms with Crippen molar-refractivity contribution in [2.24, 2.45) is 0 Å². The minimum absolute atomic E-state index is 0.0986. The van der Waals surface area contributed by atoms with Crippen LogP contribution < -0.4 is 0 Å². The van der Waals surface area contributed by atoms with Gasteiger partial charge in [0.15, 0.2) is 6.10 Å². The smallest absolute Gasteiger partial charge is 0.306 e. The maximum atomic E-state index is 12.8. The Bertz CT molecular complexity index is 1290. The van der Waals surface area contributed by atoms with E-state index in [4.69, 9.17) is 14.2 Å². The van der Waals surface area contributed by atoms with Gasteiger partial charge in [0.2, 0.25) is 0 Å². The first kappa shape index (κ1) is 57.1. The molecule has 0 aliphatic heterocycles. The van der Waals surface area contributed by atoms with Crippen molar-refractivity contribution >= 4 is 17.9 Å². The summed E-state index contributed by atoms with van der Waals surface area (Å²) in [7, 11) is 0. The summed E-state index contributed by atoms with van der Waals surface area (Å²) in [6, 6.07) is 0. The molecule has 1 atom stereocenters. The van der Waals surface area contributed by atoms with Gasteiger partial charge >= 0.3 is 17.9 Å². The zero-order valence-electron chi connectivity index (χ0n) is 39.1. The van der Waals surface area contributed by atoms with E-state index in [0.717, 1.165) is 116 Å². The number of ether oxygens (including phenoxy) is 3. The summed E-state index contributed by atoms with van der Waals surface area (Å²) in [6.07, 6.45) is 64.9. The van der Waals surface area contributed by atoms with Crippen LogP contribution in [0.25, 0.3) is 0 Å². The van der Waals surface area contributed by atoms with Crippen molar-refractivity contribution in [1.29, 1.82) is 0 Å². The standard InChI is InChI=1S/C55H88O6/c1-4-7-10-13-16-19-22-25-27-30-33-36-39-42-45-48-54(57)60-51-52(50-59-53(56)47-44-41-38-35-32-29-24-21-18-15-12-9-6-3)61-55(58)49-46-43-40-37-34-31-28-26-23-20-17-14-11-8-5-2/h7-24,52H,4-6,25-51H2,1-3H3/b10-7+,11-8+,12-9+,16-13+,17-14+,18-15+,22-19+,23-20+,24-21+. The molecular weight excluding hydrogens is 757 g/mol. The van der Waals surface area contributed by atoms with Crippen molar-refractivity contribution in [2.75, 3.05) is 13.2 Å². The molecule has 0 aliphatic carbocycles. The van der Waals surface area contributed by atoms with Gasteiger partial charge in [-0.1, -0.05) is 214 Å². The molecule has 0 fully saturated rings. The summed E-state index contributed by atoms with van der Waals surface area (Å²) >= 11 is 0. The van der Waals surface area contributed by atoms with Crippen LogP contribution in [-0.4, -0.2) is 37.2 Å². The zero-order chi connectivity index (χ0) is 44.4.